The van der Waals surface area contributed by atoms with Gasteiger partial charge in [-0.25, -0.2) is 0 Å². The smallest absolute Gasteiger partial charge is 0.303 e. The van der Waals surface area contributed by atoms with E-state index in [1.54, 1.807) is 0 Å². The standard InChI is InChI=1S/C19H28N2O10/c1-8(22)20-14-16(28-10(3)24)15(21(7)9(2)23)18(30-12(5)26)19(31-13(6)27)17(14)29-11(4)25/h14-19H,1-7H3,(H,20,22). The van der Waals surface area contributed by atoms with Crippen LogP contribution in [-0.4, -0.2) is 84.1 Å². The number of nitrogens with one attached hydrogen (secondary N) is 1. The van der Waals surface area contributed by atoms with Crippen molar-refractivity contribution in [1.29, 1.82) is 0 Å². The molecule has 1 fully saturated rings. The second-order valence-corrected chi connectivity index (χ2v) is 7.14. The van der Waals surface area contributed by atoms with Gasteiger partial charge in [-0.05, 0) is 0 Å². The van der Waals surface area contributed by atoms with Crippen molar-refractivity contribution in [3.05, 3.63) is 0 Å². The average molecular weight is 444 g/mol. The lowest BCUT2D eigenvalue weighted by molar-refractivity contribution is -0.221. The molecule has 0 heterocycles. The van der Waals surface area contributed by atoms with Crippen LogP contribution in [0, 0.1) is 0 Å². The summed E-state index contributed by atoms with van der Waals surface area (Å²) < 4.78 is 21.4. The van der Waals surface area contributed by atoms with E-state index in [4.69, 9.17) is 18.9 Å². The Balaban J connectivity index is 3.77. The number of rotatable bonds is 6. The molecule has 6 unspecified atom stereocenters. The van der Waals surface area contributed by atoms with E-state index in [1.807, 2.05) is 0 Å². The second kappa shape index (κ2) is 10.7. The van der Waals surface area contributed by atoms with Crippen molar-refractivity contribution < 1.29 is 47.7 Å². The Labute approximate surface area is 179 Å². The number of ether oxygens (including phenoxy) is 4. The SMILES string of the molecule is CC(=O)NC1C(OC(C)=O)C(OC(C)=O)C(OC(C)=O)C(N(C)C(C)=O)C1OC(C)=O. The Morgan fingerprint density at radius 3 is 1.39 bits per heavy atom. The molecule has 0 aliphatic heterocycles. The summed E-state index contributed by atoms with van der Waals surface area (Å²) in [6, 6.07) is -2.41. The lowest BCUT2D eigenvalue weighted by Crippen LogP contribution is -2.74. The monoisotopic (exact) mass is 444 g/mol. The van der Waals surface area contributed by atoms with Gasteiger partial charge in [-0.3, -0.25) is 28.8 Å². The Kier molecular flexibility index (Phi) is 8.95. The Hall–Kier alpha value is -3.18. The van der Waals surface area contributed by atoms with Gasteiger partial charge in [0.2, 0.25) is 11.8 Å². The number of esters is 4. The molecule has 2 amide bonds. The van der Waals surface area contributed by atoms with Crippen molar-refractivity contribution in [3.8, 4) is 0 Å². The maximum atomic E-state index is 12.2. The van der Waals surface area contributed by atoms with Crippen LogP contribution in [0.1, 0.15) is 41.5 Å². The average Bonchev–Trinajstić information content (AvgIpc) is 2.58. The van der Waals surface area contributed by atoms with E-state index in [9.17, 15) is 28.8 Å². The van der Waals surface area contributed by atoms with E-state index in [0.717, 1.165) is 32.6 Å². The van der Waals surface area contributed by atoms with E-state index in [2.05, 4.69) is 5.32 Å². The molecule has 12 heteroatoms. The van der Waals surface area contributed by atoms with Gasteiger partial charge in [-0.1, -0.05) is 0 Å². The largest absolute Gasteiger partial charge is 0.458 e. The number of hydrogen-bond donors (Lipinski definition) is 1. The topological polar surface area (TPSA) is 155 Å². The van der Waals surface area contributed by atoms with Crippen molar-refractivity contribution in [3.63, 3.8) is 0 Å². The van der Waals surface area contributed by atoms with Gasteiger partial charge in [0.05, 0.1) is 0 Å². The highest BCUT2D eigenvalue weighted by molar-refractivity contribution is 5.76. The molecule has 1 aliphatic rings. The zero-order chi connectivity index (χ0) is 24.0. The van der Waals surface area contributed by atoms with E-state index in [0.29, 0.717) is 0 Å². The zero-order valence-corrected chi connectivity index (χ0v) is 18.5. The molecular formula is C19H28N2O10. The molecule has 174 valence electrons. The first kappa shape index (κ1) is 25.9. The summed E-state index contributed by atoms with van der Waals surface area (Å²) in [5.41, 5.74) is 0. The number of carbonyl (C=O) groups excluding carboxylic acids is 6. The van der Waals surface area contributed by atoms with Gasteiger partial charge in [0.25, 0.3) is 0 Å². The van der Waals surface area contributed by atoms with Gasteiger partial charge in [-0.2, -0.15) is 0 Å². The molecular weight excluding hydrogens is 416 g/mol. The Bertz CT molecular complexity index is 708. The maximum absolute atomic E-state index is 12.2. The van der Waals surface area contributed by atoms with Crippen LogP contribution in [0.15, 0.2) is 0 Å². The minimum Gasteiger partial charge on any atom is -0.458 e. The minimum absolute atomic E-state index is 0.492. The molecule has 0 aromatic heterocycles. The molecule has 0 bridgehead atoms. The normalized spacial score (nSPS) is 27.3. The van der Waals surface area contributed by atoms with Crippen molar-refractivity contribution in [2.75, 3.05) is 7.05 Å². The summed E-state index contributed by atoms with van der Waals surface area (Å²) in [6.45, 7) is 6.78. The van der Waals surface area contributed by atoms with Crippen LogP contribution in [0.4, 0.5) is 0 Å². The van der Waals surface area contributed by atoms with Crippen molar-refractivity contribution in [2.45, 2.75) is 78.0 Å². The third kappa shape index (κ3) is 6.93. The third-order valence-corrected chi connectivity index (χ3v) is 4.55. The Morgan fingerprint density at radius 2 is 1.00 bits per heavy atom. The van der Waals surface area contributed by atoms with Crippen LogP contribution < -0.4 is 5.32 Å². The predicted molar refractivity (Wildman–Crippen MR) is 102 cm³/mol. The number of hydrogen-bond acceptors (Lipinski definition) is 10. The molecule has 31 heavy (non-hydrogen) atoms. The lowest BCUT2D eigenvalue weighted by atomic mass is 9.79. The second-order valence-electron chi connectivity index (χ2n) is 7.14. The molecule has 1 aliphatic carbocycles. The quantitative estimate of drug-likeness (QED) is 0.402. The van der Waals surface area contributed by atoms with Crippen LogP contribution in [0.5, 0.6) is 0 Å². The molecule has 1 N–H and O–H groups in total. The lowest BCUT2D eigenvalue weighted by Gasteiger charge is -2.50. The highest BCUT2D eigenvalue weighted by Crippen LogP contribution is 2.33. The fourth-order valence-electron chi connectivity index (χ4n) is 3.54. The van der Waals surface area contributed by atoms with Crippen molar-refractivity contribution in [2.24, 2.45) is 0 Å². The van der Waals surface area contributed by atoms with Gasteiger partial charge in [-0.15, -0.1) is 0 Å². The molecule has 0 aromatic carbocycles. The molecule has 0 spiro atoms. The molecule has 0 aromatic rings. The summed E-state index contributed by atoms with van der Waals surface area (Å²) in [5, 5.41) is 2.53. The summed E-state index contributed by atoms with van der Waals surface area (Å²) >= 11 is 0. The van der Waals surface area contributed by atoms with Gasteiger partial charge in [0.15, 0.2) is 18.3 Å². The first-order chi connectivity index (χ1) is 14.3. The van der Waals surface area contributed by atoms with Crippen LogP contribution in [0.25, 0.3) is 0 Å². The number of amides is 2. The summed E-state index contributed by atoms with van der Waals surface area (Å²) in [4.78, 5) is 72.6. The molecule has 0 radical (unpaired) electrons. The van der Waals surface area contributed by atoms with Gasteiger partial charge in [0.1, 0.15) is 18.2 Å². The van der Waals surface area contributed by atoms with E-state index < -0.39 is 72.2 Å². The fraction of sp³-hybridized carbons (Fsp3) is 0.684. The van der Waals surface area contributed by atoms with E-state index >= 15 is 0 Å². The van der Waals surface area contributed by atoms with Crippen LogP contribution in [0.2, 0.25) is 0 Å². The minimum atomic E-state index is -1.42. The Morgan fingerprint density at radius 1 is 0.613 bits per heavy atom. The van der Waals surface area contributed by atoms with Crippen LogP contribution in [-0.2, 0) is 47.7 Å². The van der Waals surface area contributed by atoms with Crippen LogP contribution in [0.3, 0.4) is 0 Å². The fourth-order valence-corrected chi connectivity index (χ4v) is 3.54. The summed E-state index contributed by atoms with van der Waals surface area (Å²) in [5.74, 6) is -4.21. The number of nitrogens with zero attached hydrogens (tertiary/aromatic N) is 1. The van der Waals surface area contributed by atoms with Gasteiger partial charge < -0.3 is 29.2 Å². The van der Waals surface area contributed by atoms with Gasteiger partial charge >= 0.3 is 23.9 Å². The third-order valence-electron chi connectivity index (χ3n) is 4.55. The van der Waals surface area contributed by atoms with Crippen molar-refractivity contribution >= 4 is 35.7 Å². The predicted octanol–water partition coefficient (Wildman–Crippen LogP) is -0.922. The number of likely N-dealkylation sites (N-methyl/N-ethyl adjacent to an activating group) is 1. The highest BCUT2D eigenvalue weighted by Gasteiger charge is 2.59. The summed E-state index contributed by atoms with van der Waals surface area (Å²) in [6.07, 6.45) is -5.50. The zero-order valence-electron chi connectivity index (χ0n) is 18.5. The molecule has 1 rings (SSSR count). The van der Waals surface area contributed by atoms with Crippen molar-refractivity contribution in [1.82, 2.24) is 10.2 Å². The van der Waals surface area contributed by atoms with Crippen LogP contribution >= 0.6 is 0 Å². The van der Waals surface area contributed by atoms with E-state index in [-0.39, 0.29) is 0 Å². The molecule has 12 nitrogen and oxygen atoms in total. The first-order valence-electron chi connectivity index (χ1n) is 9.45. The maximum Gasteiger partial charge on any atom is 0.303 e. The molecule has 6 atom stereocenters. The number of carbonyl (C=O) groups is 6. The highest BCUT2D eigenvalue weighted by atomic mass is 16.6. The molecule has 1 saturated carbocycles. The van der Waals surface area contributed by atoms with E-state index in [1.165, 1.54) is 20.9 Å². The molecule has 0 saturated heterocycles. The summed E-state index contributed by atoms with van der Waals surface area (Å²) in [7, 11) is 1.36. The first-order valence-corrected chi connectivity index (χ1v) is 9.45. The van der Waals surface area contributed by atoms with Gasteiger partial charge in [0, 0.05) is 48.6 Å².